The van der Waals surface area contributed by atoms with Crippen LogP contribution in [0.4, 0.5) is 0 Å². The number of nitrogens with zero attached hydrogens (tertiary/aromatic N) is 2. The van der Waals surface area contributed by atoms with Crippen molar-refractivity contribution in [2.75, 3.05) is 13.1 Å². The number of hydrogen-bond donors (Lipinski definition) is 1. The second-order valence-corrected chi connectivity index (χ2v) is 10.2. The van der Waals surface area contributed by atoms with Crippen molar-refractivity contribution in [3.05, 3.63) is 83.4 Å². The first kappa shape index (κ1) is 27.3. The number of carbonyl (C=O) groups excluding carboxylic acids is 4. The van der Waals surface area contributed by atoms with E-state index in [1.54, 1.807) is 4.90 Å². The van der Waals surface area contributed by atoms with E-state index < -0.39 is 6.04 Å². The fraction of sp³-hybridized carbons (Fsp3) is 0.419. The van der Waals surface area contributed by atoms with Gasteiger partial charge in [-0.25, -0.2) is 0 Å². The van der Waals surface area contributed by atoms with Gasteiger partial charge < -0.3 is 10.2 Å². The highest BCUT2D eigenvalue weighted by Crippen LogP contribution is 2.35. The summed E-state index contributed by atoms with van der Waals surface area (Å²) in [4.78, 5) is 56.1. The largest absolute Gasteiger partial charge is 0.354 e. The minimum atomic E-state index is -0.729. The molecule has 200 valence electrons. The van der Waals surface area contributed by atoms with Crippen molar-refractivity contribution in [1.82, 2.24) is 15.1 Å². The number of hydrogen-bond acceptors (Lipinski definition) is 4. The zero-order valence-corrected chi connectivity index (χ0v) is 22.3. The highest BCUT2D eigenvalue weighted by Gasteiger charge is 2.47. The Morgan fingerprint density at radius 2 is 1.61 bits per heavy atom. The van der Waals surface area contributed by atoms with Crippen LogP contribution in [0.25, 0.3) is 0 Å². The normalized spacial score (nSPS) is 19.3. The Bertz CT molecular complexity index is 1170. The maximum atomic E-state index is 13.8. The van der Waals surface area contributed by atoms with Crippen molar-refractivity contribution in [3.63, 3.8) is 0 Å². The number of rotatable bonds is 11. The topological polar surface area (TPSA) is 86.8 Å². The lowest BCUT2D eigenvalue weighted by Gasteiger charge is -2.32. The molecule has 2 aliphatic rings. The van der Waals surface area contributed by atoms with Gasteiger partial charge in [0.2, 0.25) is 23.6 Å². The third-order valence-electron chi connectivity index (χ3n) is 7.57. The SMILES string of the molecule is CCCNC(=O)[C@@H](Cc1ccccc1)N(Cc1ccccc1C)C(=O)CCN1C(=O)[C@H]2CC=CC[C@H]2C1=O. The molecule has 4 rings (SSSR count). The lowest BCUT2D eigenvalue weighted by Crippen LogP contribution is -2.51. The molecule has 1 aliphatic carbocycles. The Balaban J connectivity index is 1.58. The standard InChI is InChI=1S/C31H37N3O4/c1-3-18-32-29(36)27(20-23-12-5-4-6-13-23)34(21-24-14-8-7-11-22(24)2)28(35)17-19-33-30(37)25-15-9-10-16-26(25)31(33)38/h4-14,25-27H,3,15-21H2,1-2H3,(H,32,36)/t25-,26+,27-/m1/s1. The Morgan fingerprint density at radius 3 is 2.24 bits per heavy atom. The fourth-order valence-corrected chi connectivity index (χ4v) is 5.33. The summed E-state index contributed by atoms with van der Waals surface area (Å²) in [6.45, 7) is 4.78. The second kappa shape index (κ2) is 12.7. The predicted molar refractivity (Wildman–Crippen MR) is 146 cm³/mol. The Hall–Kier alpha value is -3.74. The molecule has 4 amide bonds. The molecule has 1 heterocycles. The molecule has 7 heteroatoms. The fourth-order valence-electron chi connectivity index (χ4n) is 5.33. The number of aryl methyl sites for hydroxylation is 1. The average molecular weight is 516 g/mol. The number of fused-ring (bicyclic) bond motifs is 1. The van der Waals surface area contributed by atoms with Gasteiger partial charge in [0.1, 0.15) is 6.04 Å². The lowest BCUT2D eigenvalue weighted by molar-refractivity contribution is -0.144. The summed E-state index contributed by atoms with van der Waals surface area (Å²) in [6, 6.07) is 16.7. The Morgan fingerprint density at radius 1 is 0.974 bits per heavy atom. The Labute approximate surface area is 224 Å². The summed E-state index contributed by atoms with van der Waals surface area (Å²) >= 11 is 0. The van der Waals surface area contributed by atoms with Crippen LogP contribution in [0.5, 0.6) is 0 Å². The van der Waals surface area contributed by atoms with Crippen LogP contribution in [0.1, 0.15) is 49.3 Å². The number of allylic oxidation sites excluding steroid dienone is 2. The maximum Gasteiger partial charge on any atom is 0.243 e. The summed E-state index contributed by atoms with van der Waals surface area (Å²) in [6.07, 6.45) is 6.16. The van der Waals surface area contributed by atoms with Gasteiger partial charge in [-0.3, -0.25) is 24.1 Å². The molecule has 0 spiro atoms. The molecule has 1 N–H and O–H groups in total. The van der Waals surface area contributed by atoms with Crippen molar-refractivity contribution < 1.29 is 19.2 Å². The third-order valence-corrected chi connectivity index (χ3v) is 7.57. The molecule has 0 bridgehead atoms. The Kier molecular flexibility index (Phi) is 9.10. The highest BCUT2D eigenvalue weighted by molar-refractivity contribution is 6.05. The number of amides is 4. The average Bonchev–Trinajstić information content (AvgIpc) is 3.18. The molecule has 0 saturated carbocycles. The van der Waals surface area contributed by atoms with E-state index in [9.17, 15) is 19.2 Å². The molecule has 1 aliphatic heterocycles. The number of likely N-dealkylation sites (tertiary alicyclic amines) is 1. The zero-order valence-electron chi connectivity index (χ0n) is 22.3. The van der Waals surface area contributed by atoms with Gasteiger partial charge in [-0.1, -0.05) is 73.7 Å². The molecule has 0 aromatic heterocycles. The lowest BCUT2D eigenvalue weighted by atomic mass is 9.85. The van der Waals surface area contributed by atoms with Crippen molar-refractivity contribution in [2.45, 2.75) is 58.5 Å². The quantitative estimate of drug-likeness (QED) is 0.364. The van der Waals surface area contributed by atoms with Crippen molar-refractivity contribution in [3.8, 4) is 0 Å². The van der Waals surface area contributed by atoms with Crippen molar-refractivity contribution >= 4 is 23.6 Å². The zero-order chi connectivity index (χ0) is 27.1. The van der Waals surface area contributed by atoms with Crippen LogP contribution in [0.3, 0.4) is 0 Å². The molecule has 1 fully saturated rings. The van der Waals surface area contributed by atoms with Crippen LogP contribution in [0, 0.1) is 18.8 Å². The molecule has 38 heavy (non-hydrogen) atoms. The van der Waals surface area contributed by atoms with Crippen LogP contribution < -0.4 is 5.32 Å². The van der Waals surface area contributed by atoms with E-state index >= 15 is 0 Å². The maximum absolute atomic E-state index is 13.8. The molecule has 3 atom stereocenters. The van der Waals surface area contributed by atoms with Gasteiger partial charge >= 0.3 is 0 Å². The molecular weight excluding hydrogens is 478 g/mol. The second-order valence-electron chi connectivity index (χ2n) is 10.2. The van der Waals surface area contributed by atoms with Gasteiger partial charge in [0, 0.05) is 32.5 Å². The van der Waals surface area contributed by atoms with E-state index in [1.807, 2.05) is 80.6 Å². The summed E-state index contributed by atoms with van der Waals surface area (Å²) in [5.74, 6) is -1.49. The van der Waals surface area contributed by atoms with Gasteiger partial charge in [-0.2, -0.15) is 0 Å². The molecule has 1 saturated heterocycles. The first-order valence-corrected chi connectivity index (χ1v) is 13.6. The van der Waals surface area contributed by atoms with Crippen molar-refractivity contribution in [2.24, 2.45) is 11.8 Å². The van der Waals surface area contributed by atoms with Crippen LogP contribution in [0.2, 0.25) is 0 Å². The van der Waals surface area contributed by atoms with Gasteiger partial charge in [-0.05, 0) is 42.9 Å². The summed E-state index contributed by atoms with van der Waals surface area (Å²) in [7, 11) is 0. The van der Waals surface area contributed by atoms with E-state index in [-0.39, 0.29) is 55.0 Å². The van der Waals surface area contributed by atoms with E-state index in [4.69, 9.17) is 0 Å². The van der Waals surface area contributed by atoms with Crippen LogP contribution >= 0.6 is 0 Å². The molecule has 0 unspecified atom stereocenters. The number of carbonyl (C=O) groups is 4. The van der Waals surface area contributed by atoms with E-state index in [2.05, 4.69) is 5.32 Å². The molecule has 2 aromatic carbocycles. The minimum absolute atomic E-state index is 0.0252. The summed E-state index contributed by atoms with van der Waals surface area (Å²) in [5.41, 5.74) is 2.93. The van der Waals surface area contributed by atoms with Crippen LogP contribution in [-0.2, 0) is 32.1 Å². The number of benzene rings is 2. The molecular formula is C31H37N3O4. The van der Waals surface area contributed by atoms with Gasteiger partial charge in [-0.15, -0.1) is 0 Å². The predicted octanol–water partition coefficient (Wildman–Crippen LogP) is 3.80. The third kappa shape index (κ3) is 6.21. The minimum Gasteiger partial charge on any atom is -0.354 e. The van der Waals surface area contributed by atoms with E-state index in [0.717, 1.165) is 23.1 Å². The first-order chi connectivity index (χ1) is 18.4. The molecule has 0 radical (unpaired) electrons. The van der Waals surface area contributed by atoms with Gasteiger partial charge in [0.25, 0.3) is 0 Å². The first-order valence-electron chi connectivity index (χ1n) is 13.6. The summed E-state index contributed by atoms with van der Waals surface area (Å²) in [5, 5.41) is 2.98. The van der Waals surface area contributed by atoms with E-state index in [1.165, 1.54) is 4.90 Å². The monoisotopic (exact) mass is 515 g/mol. The number of imide groups is 1. The smallest absolute Gasteiger partial charge is 0.243 e. The van der Waals surface area contributed by atoms with Crippen LogP contribution in [-0.4, -0.2) is 52.6 Å². The van der Waals surface area contributed by atoms with Gasteiger partial charge in [0.15, 0.2) is 0 Å². The molecule has 7 nitrogen and oxygen atoms in total. The van der Waals surface area contributed by atoms with Gasteiger partial charge in [0.05, 0.1) is 11.8 Å². The summed E-state index contributed by atoms with van der Waals surface area (Å²) < 4.78 is 0. The van der Waals surface area contributed by atoms with Crippen LogP contribution in [0.15, 0.2) is 66.7 Å². The number of nitrogens with one attached hydrogen (secondary N) is 1. The van der Waals surface area contributed by atoms with Crippen molar-refractivity contribution in [1.29, 1.82) is 0 Å². The molecule has 2 aromatic rings. The highest BCUT2D eigenvalue weighted by atomic mass is 16.2. The van der Waals surface area contributed by atoms with E-state index in [0.29, 0.717) is 25.8 Å².